The summed E-state index contributed by atoms with van der Waals surface area (Å²) >= 11 is 0. The summed E-state index contributed by atoms with van der Waals surface area (Å²) in [6.07, 6.45) is 2.29. The average molecular weight is 290 g/mol. The molecule has 8 heteroatoms. The summed E-state index contributed by atoms with van der Waals surface area (Å²) in [5.41, 5.74) is 0.0549. The molecule has 1 heterocycles. The molecule has 7 nitrogen and oxygen atoms in total. The fourth-order valence-corrected chi connectivity index (χ4v) is 1.71. The summed E-state index contributed by atoms with van der Waals surface area (Å²) in [4.78, 5) is 25.9. The van der Waals surface area contributed by atoms with Crippen LogP contribution < -0.4 is 10.6 Å². The number of hydrogen-bond acceptors (Lipinski definition) is 5. The number of rotatable bonds is 4. The molecule has 0 atom stereocenters. The highest BCUT2D eigenvalue weighted by Gasteiger charge is 2.17. The Kier molecular flexibility index (Phi) is 4.07. The molecule has 2 aromatic rings. The smallest absolute Gasteiger partial charge is 0.293 e. The maximum atomic E-state index is 13.4. The second-order valence-electron chi connectivity index (χ2n) is 4.05. The van der Waals surface area contributed by atoms with Crippen LogP contribution in [0.5, 0.6) is 0 Å². The first-order chi connectivity index (χ1) is 10.0. The summed E-state index contributed by atoms with van der Waals surface area (Å²) in [5, 5.41) is 15.9. The third-order valence-corrected chi connectivity index (χ3v) is 2.75. The SMILES string of the molecule is CNc1ccc(C(=O)Nc2ccncc2F)cc1[N+](=O)[O-]. The molecule has 1 amide bonds. The molecule has 1 aromatic heterocycles. The van der Waals surface area contributed by atoms with Crippen LogP contribution in [-0.4, -0.2) is 22.9 Å². The first-order valence-corrected chi connectivity index (χ1v) is 5.90. The van der Waals surface area contributed by atoms with E-state index in [0.29, 0.717) is 0 Å². The van der Waals surface area contributed by atoms with Crippen molar-refractivity contribution in [3.05, 3.63) is 58.2 Å². The fraction of sp³-hybridized carbons (Fsp3) is 0.0769. The van der Waals surface area contributed by atoms with Gasteiger partial charge in [-0.15, -0.1) is 0 Å². The summed E-state index contributed by atoms with van der Waals surface area (Å²) in [6.45, 7) is 0. The molecule has 0 unspecified atom stereocenters. The van der Waals surface area contributed by atoms with Gasteiger partial charge in [-0.05, 0) is 18.2 Å². The number of pyridine rings is 1. The lowest BCUT2D eigenvalue weighted by atomic mass is 10.1. The Bertz CT molecular complexity index is 706. The number of nitro benzene ring substituents is 1. The molecule has 21 heavy (non-hydrogen) atoms. The van der Waals surface area contributed by atoms with Gasteiger partial charge >= 0.3 is 0 Å². The Morgan fingerprint density at radius 2 is 2.10 bits per heavy atom. The maximum Gasteiger partial charge on any atom is 0.293 e. The number of nitrogens with one attached hydrogen (secondary N) is 2. The normalized spacial score (nSPS) is 10.0. The quantitative estimate of drug-likeness (QED) is 0.665. The van der Waals surface area contributed by atoms with Crippen LogP contribution in [0.4, 0.5) is 21.5 Å². The molecular formula is C13H11FN4O3. The molecule has 0 aliphatic rings. The molecule has 0 aliphatic heterocycles. The predicted molar refractivity (Wildman–Crippen MR) is 74.8 cm³/mol. The third kappa shape index (κ3) is 3.11. The number of halogens is 1. The second kappa shape index (κ2) is 5.95. The molecule has 0 fully saturated rings. The second-order valence-corrected chi connectivity index (χ2v) is 4.05. The van der Waals surface area contributed by atoms with Crippen LogP contribution in [0, 0.1) is 15.9 Å². The molecule has 0 aliphatic carbocycles. The van der Waals surface area contributed by atoms with E-state index in [1.165, 1.54) is 31.4 Å². The fourth-order valence-electron chi connectivity index (χ4n) is 1.71. The number of carbonyl (C=O) groups excluding carboxylic acids is 1. The standard InChI is InChI=1S/C13H11FN4O3/c1-15-11-3-2-8(6-12(11)18(20)21)13(19)17-10-4-5-16-7-9(10)14/h2-7,15H,1H3,(H,16,17,19). The lowest BCUT2D eigenvalue weighted by Gasteiger charge is -2.07. The van der Waals surface area contributed by atoms with Gasteiger partial charge in [-0.25, -0.2) is 4.39 Å². The van der Waals surface area contributed by atoms with E-state index >= 15 is 0 Å². The minimum atomic E-state index is -0.688. The third-order valence-electron chi connectivity index (χ3n) is 2.75. The highest BCUT2D eigenvalue weighted by atomic mass is 19.1. The monoisotopic (exact) mass is 290 g/mol. The Labute approximate surface area is 119 Å². The predicted octanol–water partition coefficient (Wildman–Crippen LogP) is 2.42. The van der Waals surface area contributed by atoms with Gasteiger partial charge in [0.05, 0.1) is 16.8 Å². The van der Waals surface area contributed by atoms with E-state index in [1.54, 1.807) is 0 Å². The first kappa shape index (κ1) is 14.4. The van der Waals surface area contributed by atoms with Crippen LogP contribution in [0.25, 0.3) is 0 Å². The zero-order valence-electron chi connectivity index (χ0n) is 11.0. The molecule has 0 saturated heterocycles. The van der Waals surface area contributed by atoms with Gasteiger partial charge in [0.25, 0.3) is 11.6 Å². The van der Waals surface area contributed by atoms with Crippen LogP contribution in [-0.2, 0) is 0 Å². The number of hydrogen-bond donors (Lipinski definition) is 2. The minimum absolute atomic E-state index is 0.0460. The number of anilines is 2. The van der Waals surface area contributed by atoms with Crippen LogP contribution >= 0.6 is 0 Å². The van der Waals surface area contributed by atoms with Crippen molar-refractivity contribution < 1.29 is 14.1 Å². The van der Waals surface area contributed by atoms with Crippen molar-refractivity contribution in [3.63, 3.8) is 0 Å². The number of nitro groups is 1. The number of benzene rings is 1. The van der Waals surface area contributed by atoms with Crippen molar-refractivity contribution >= 4 is 23.0 Å². The Balaban J connectivity index is 2.30. The average Bonchev–Trinajstić information content (AvgIpc) is 2.48. The van der Waals surface area contributed by atoms with Crippen molar-refractivity contribution in [3.8, 4) is 0 Å². The lowest BCUT2D eigenvalue weighted by molar-refractivity contribution is -0.384. The van der Waals surface area contributed by atoms with E-state index in [1.807, 2.05) is 0 Å². The van der Waals surface area contributed by atoms with Crippen LogP contribution in [0.1, 0.15) is 10.4 Å². The van der Waals surface area contributed by atoms with Crippen LogP contribution in [0.15, 0.2) is 36.7 Å². The molecule has 108 valence electrons. The molecule has 0 spiro atoms. The van der Waals surface area contributed by atoms with Gasteiger partial charge in [-0.1, -0.05) is 0 Å². The number of amides is 1. The Morgan fingerprint density at radius 1 is 1.33 bits per heavy atom. The van der Waals surface area contributed by atoms with E-state index in [4.69, 9.17) is 0 Å². The highest BCUT2D eigenvalue weighted by molar-refractivity contribution is 6.05. The molecule has 0 bridgehead atoms. The van der Waals surface area contributed by atoms with Crippen LogP contribution in [0.3, 0.4) is 0 Å². The van der Waals surface area contributed by atoms with Gasteiger partial charge in [-0.3, -0.25) is 19.9 Å². The van der Waals surface area contributed by atoms with Gasteiger partial charge in [-0.2, -0.15) is 0 Å². The van der Waals surface area contributed by atoms with Crippen molar-refractivity contribution in [1.82, 2.24) is 4.98 Å². The molecule has 2 N–H and O–H groups in total. The summed E-state index contributed by atoms with van der Waals surface area (Å²) in [5.74, 6) is -1.34. The number of aromatic nitrogens is 1. The largest absolute Gasteiger partial charge is 0.383 e. The number of carbonyl (C=O) groups is 1. The van der Waals surface area contributed by atoms with Gasteiger partial charge in [0.1, 0.15) is 5.69 Å². The molecular weight excluding hydrogens is 279 g/mol. The zero-order valence-corrected chi connectivity index (χ0v) is 11.0. The van der Waals surface area contributed by atoms with E-state index < -0.39 is 16.6 Å². The Hall–Kier alpha value is -3.03. The van der Waals surface area contributed by atoms with E-state index in [2.05, 4.69) is 15.6 Å². The van der Waals surface area contributed by atoms with Gasteiger partial charge in [0.15, 0.2) is 5.82 Å². The molecule has 1 aromatic carbocycles. The van der Waals surface area contributed by atoms with E-state index in [0.717, 1.165) is 12.3 Å². The molecule has 2 rings (SSSR count). The van der Waals surface area contributed by atoms with Crippen molar-refractivity contribution in [2.24, 2.45) is 0 Å². The van der Waals surface area contributed by atoms with Gasteiger partial charge in [0.2, 0.25) is 0 Å². The topological polar surface area (TPSA) is 97.2 Å². The summed E-state index contributed by atoms with van der Waals surface area (Å²) in [6, 6.07) is 5.24. The molecule has 0 radical (unpaired) electrons. The zero-order chi connectivity index (χ0) is 15.4. The van der Waals surface area contributed by atoms with Crippen molar-refractivity contribution in [2.45, 2.75) is 0 Å². The minimum Gasteiger partial charge on any atom is -0.383 e. The van der Waals surface area contributed by atoms with Crippen LogP contribution in [0.2, 0.25) is 0 Å². The Morgan fingerprint density at radius 3 is 2.71 bits per heavy atom. The highest BCUT2D eigenvalue weighted by Crippen LogP contribution is 2.25. The summed E-state index contributed by atoms with van der Waals surface area (Å²) < 4.78 is 13.4. The first-order valence-electron chi connectivity index (χ1n) is 5.90. The van der Waals surface area contributed by atoms with Crippen molar-refractivity contribution in [2.75, 3.05) is 17.7 Å². The van der Waals surface area contributed by atoms with E-state index in [9.17, 15) is 19.3 Å². The van der Waals surface area contributed by atoms with E-state index in [-0.39, 0.29) is 22.6 Å². The van der Waals surface area contributed by atoms with Crippen molar-refractivity contribution in [1.29, 1.82) is 0 Å². The molecule has 0 saturated carbocycles. The summed E-state index contributed by atoms with van der Waals surface area (Å²) in [7, 11) is 1.54. The number of nitrogens with zero attached hydrogens (tertiary/aromatic N) is 2. The van der Waals surface area contributed by atoms with Gasteiger partial charge in [0, 0.05) is 24.9 Å². The van der Waals surface area contributed by atoms with Gasteiger partial charge < -0.3 is 10.6 Å². The lowest BCUT2D eigenvalue weighted by Crippen LogP contribution is -2.13. The maximum absolute atomic E-state index is 13.4.